The third kappa shape index (κ3) is 3.01. The Morgan fingerprint density at radius 1 is 1.32 bits per heavy atom. The Labute approximate surface area is 128 Å². The molecule has 1 fully saturated rings. The van der Waals surface area contributed by atoms with Crippen molar-refractivity contribution >= 4 is 5.91 Å². The molecule has 1 aliphatic heterocycles. The van der Waals surface area contributed by atoms with Crippen LogP contribution in [0.25, 0.3) is 11.5 Å². The van der Waals surface area contributed by atoms with Gasteiger partial charge in [-0.2, -0.15) is 4.98 Å². The van der Waals surface area contributed by atoms with Crippen molar-refractivity contribution in [3.8, 4) is 11.5 Å². The predicted octanol–water partition coefficient (Wildman–Crippen LogP) is 1.89. The van der Waals surface area contributed by atoms with E-state index in [1.165, 1.54) is 0 Å². The Kier molecular flexibility index (Phi) is 4.20. The molecule has 1 saturated heterocycles. The van der Waals surface area contributed by atoms with Crippen LogP contribution < -0.4 is 0 Å². The van der Waals surface area contributed by atoms with Crippen LogP contribution in [0.3, 0.4) is 0 Å². The van der Waals surface area contributed by atoms with Crippen LogP contribution in [0.4, 0.5) is 0 Å². The summed E-state index contributed by atoms with van der Waals surface area (Å²) in [6.07, 6.45) is 1.73. The number of rotatable bonds is 3. The molecule has 1 amide bonds. The quantitative estimate of drug-likeness (QED) is 0.936. The number of carbonyl (C=O) groups excluding carboxylic acids is 1. The van der Waals surface area contributed by atoms with Crippen LogP contribution in [0.2, 0.25) is 0 Å². The average molecular weight is 301 g/mol. The van der Waals surface area contributed by atoms with Gasteiger partial charge in [-0.3, -0.25) is 4.79 Å². The minimum Gasteiger partial charge on any atom is -0.396 e. The van der Waals surface area contributed by atoms with E-state index in [1.54, 1.807) is 19.1 Å². The minimum atomic E-state index is 0.0321. The fourth-order valence-corrected chi connectivity index (χ4v) is 2.67. The number of carbonyl (C=O) groups is 1. The number of aromatic nitrogens is 2. The molecule has 6 heteroatoms. The number of piperidine rings is 1. The molecule has 116 valence electrons. The smallest absolute Gasteiger partial charge is 0.257 e. The molecule has 0 unspecified atom stereocenters. The molecule has 0 radical (unpaired) electrons. The Bertz CT molecular complexity index is 643. The molecule has 0 saturated carbocycles. The first-order valence-corrected chi connectivity index (χ1v) is 7.48. The summed E-state index contributed by atoms with van der Waals surface area (Å²) in [6.45, 7) is 3.38. The molecule has 1 aliphatic rings. The summed E-state index contributed by atoms with van der Waals surface area (Å²) < 4.78 is 5.11. The van der Waals surface area contributed by atoms with Gasteiger partial charge in [-0.05, 0) is 49.9 Å². The highest BCUT2D eigenvalue weighted by atomic mass is 16.5. The van der Waals surface area contributed by atoms with Gasteiger partial charge >= 0.3 is 0 Å². The molecular formula is C16H19N3O3. The number of hydrogen-bond acceptors (Lipinski definition) is 5. The highest BCUT2D eigenvalue weighted by Crippen LogP contribution is 2.21. The maximum atomic E-state index is 12.5. The van der Waals surface area contributed by atoms with Crippen LogP contribution in [-0.2, 0) is 0 Å². The molecule has 0 atom stereocenters. The van der Waals surface area contributed by atoms with Crippen LogP contribution in [0, 0.1) is 12.8 Å². The minimum absolute atomic E-state index is 0.0321. The summed E-state index contributed by atoms with van der Waals surface area (Å²) in [7, 11) is 0. The van der Waals surface area contributed by atoms with Gasteiger partial charge in [0.15, 0.2) is 5.82 Å². The average Bonchev–Trinajstić information content (AvgIpc) is 3.01. The molecule has 1 aromatic heterocycles. The Balaban J connectivity index is 1.69. The van der Waals surface area contributed by atoms with Gasteiger partial charge in [-0.25, -0.2) is 0 Å². The zero-order valence-corrected chi connectivity index (χ0v) is 12.5. The normalized spacial score (nSPS) is 16.0. The second-order valence-electron chi connectivity index (χ2n) is 5.64. The van der Waals surface area contributed by atoms with Gasteiger partial charge in [0, 0.05) is 30.8 Å². The Hall–Kier alpha value is -2.21. The molecule has 3 rings (SSSR count). The number of likely N-dealkylation sites (tertiary alicyclic amines) is 1. The van der Waals surface area contributed by atoms with Crippen molar-refractivity contribution < 1.29 is 14.4 Å². The molecule has 0 spiro atoms. The van der Waals surface area contributed by atoms with Crippen molar-refractivity contribution in [1.82, 2.24) is 15.0 Å². The second kappa shape index (κ2) is 6.27. The summed E-state index contributed by atoms with van der Waals surface area (Å²) in [5.74, 6) is 1.40. The third-order valence-corrected chi connectivity index (χ3v) is 4.07. The van der Waals surface area contributed by atoms with Crippen LogP contribution in [-0.4, -0.2) is 45.8 Å². The van der Waals surface area contributed by atoms with Crippen molar-refractivity contribution in [2.75, 3.05) is 19.7 Å². The van der Waals surface area contributed by atoms with Crippen molar-refractivity contribution in [3.63, 3.8) is 0 Å². The van der Waals surface area contributed by atoms with Crippen molar-refractivity contribution in [1.29, 1.82) is 0 Å². The first kappa shape index (κ1) is 14.7. The number of nitrogens with zero attached hydrogens (tertiary/aromatic N) is 3. The molecule has 2 aromatic rings. The first-order chi connectivity index (χ1) is 10.7. The molecule has 0 aliphatic carbocycles. The van der Waals surface area contributed by atoms with E-state index < -0.39 is 0 Å². The standard InChI is InChI=1S/C16H19N3O3/c1-11-17-15(22-18-11)13-2-4-14(5-3-13)16(21)19-8-6-12(10-20)7-9-19/h2-5,12,20H,6-10H2,1H3. The topological polar surface area (TPSA) is 79.5 Å². The Morgan fingerprint density at radius 2 is 2.00 bits per heavy atom. The van der Waals surface area contributed by atoms with Crippen LogP contribution >= 0.6 is 0 Å². The predicted molar refractivity (Wildman–Crippen MR) is 80.2 cm³/mol. The lowest BCUT2D eigenvalue weighted by Gasteiger charge is -2.31. The van der Waals surface area contributed by atoms with Gasteiger partial charge < -0.3 is 14.5 Å². The zero-order chi connectivity index (χ0) is 15.5. The zero-order valence-electron chi connectivity index (χ0n) is 12.5. The summed E-state index contributed by atoms with van der Waals surface area (Å²) in [5.41, 5.74) is 1.46. The summed E-state index contributed by atoms with van der Waals surface area (Å²) in [4.78, 5) is 18.5. The number of aryl methyl sites for hydroxylation is 1. The largest absolute Gasteiger partial charge is 0.396 e. The summed E-state index contributed by atoms with van der Waals surface area (Å²) in [5, 5.41) is 12.9. The lowest BCUT2D eigenvalue weighted by atomic mass is 9.97. The lowest BCUT2D eigenvalue weighted by Crippen LogP contribution is -2.39. The van der Waals surface area contributed by atoms with Crippen molar-refractivity contribution in [2.24, 2.45) is 5.92 Å². The second-order valence-corrected chi connectivity index (χ2v) is 5.64. The highest BCUT2D eigenvalue weighted by molar-refractivity contribution is 5.94. The molecule has 6 nitrogen and oxygen atoms in total. The molecular weight excluding hydrogens is 282 g/mol. The maximum absolute atomic E-state index is 12.5. The lowest BCUT2D eigenvalue weighted by molar-refractivity contribution is 0.0651. The van der Waals surface area contributed by atoms with Crippen molar-refractivity contribution in [2.45, 2.75) is 19.8 Å². The van der Waals surface area contributed by atoms with E-state index in [2.05, 4.69) is 10.1 Å². The van der Waals surface area contributed by atoms with Gasteiger partial charge in [0.2, 0.25) is 0 Å². The SMILES string of the molecule is Cc1noc(-c2ccc(C(=O)N3CCC(CO)CC3)cc2)n1. The summed E-state index contributed by atoms with van der Waals surface area (Å²) >= 11 is 0. The van der Waals surface area contributed by atoms with E-state index in [4.69, 9.17) is 9.63 Å². The Morgan fingerprint density at radius 3 is 2.55 bits per heavy atom. The van der Waals surface area contributed by atoms with Gasteiger partial charge in [-0.1, -0.05) is 5.16 Å². The third-order valence-electron chi connectivity index (χ3n) is 4.07. The number of aliphatic hydroxyl groups excluding tert-OH is 1. The van der Waals surface area contributed by atoms with E-state index in [0.29, 0.717) is 36.3 Å². The van der Waals surface area contributed by atoms with E-state index in [9.17, 15) is 4.79 Å². The molecule has 2 heterocycles. The van der Waals surface area contributed by atoms with E-state index >= 15 is 0 Å². The maximum Gasteiger partial charge on any atom is 0.257 e. The fraction of sp³-hybridized carbons (Fsp3) is 0.438. The van der Waals surface area contributed by atoms with E-state index in [0.717, 1.165) is 18.4 Å². The number of benzene rings is 1. The highest BCUT2D eigenvalue weighted by Gasteiger charge is 2.23. The van der Waals surface area contributed by atoms with Crippen LogP contribution in [0.5, 0.6) is 0 Å². The van der Waals surface area contributed by atoms with Crippen LogP contribution in [0.1, 0.15) is 29.0 Å². The number of aliphatic hydroxyl groups is 1. The summed E-state index contributed by atoms with van der Waals surface area (Å²) in [6, 6.07) is 7.21. The van der Waals surface area contributed by atoms with Gasteiger partial charge in [-0.15, -0.1) is 0 Å². The fourth-order valence-electron chi connectivity index (χ4n) is 2.67. The first-order valence-electron chi connectivity index (χ1n) is 7.48. The van der Waals surface area contributed by atoms with Gasteiger partial charge in [0.25, 0.3) is 11.8 Å². The van der Waals surface area contributed by atoms with Crippen molar-refractivity contribution in [3.05, 3.63) is 35.7 Å². The van der Waals surface area contributed by atoms with E-state index in [1.807, 2.05) is 17.0 Å². The molecule has 1 aromatic carbocycles. The molecule has 22 heavy (non-hydrogen) atoms. The monoisotopic (exact) mass is 301 g/mol. The van der Waals surface area contributed by atoms with Crippen LogP contribution in [0.15, 0.2) is 28.8 Å². The van der Waals surface area contributed by atoms with Gasteiger partial charge in [0.05, 0.1) is 0 Å². The molecule has 0 bridgehead atoms. The van der Waals surface area contributed by atoms with E-state index in [-0.39, 0.29) is 12.5 Å². The van der Waals surface area contributed by atoms with Gasteiger partial charge in [0.1, 0.15) is 0 Å². The molecule has 1 N–H and O–H groups in total. The number of amides is 1. The number of hydrogen-bond donors (Lipinski definition) is 1.